The Morgan fingerprint density at radius 3 is 3.09 bits per heavy atom. The molecule has 122 valence electrons. The van der Waals surface area contributed by atoms with Crippen LogP contribution in [0.15, 0.2) is 24.3 Å². The number of nitrogens with one attached hydrogen (secondary N) is 1. The van der Waals surface area contributed by atoms with Gasteiger partial charge >= 0.3 is 0 Å². The largest absolute Gasteiger partial charge is 0.493 e. The Morgan fingerprint density at radius 2 is 2.26 bits per heavy atom. The highest BCUT2D eigenvalue weighted by molar-refractivity contribution is 5.92. The smallest absolute Gasteiger partial charge is 0.269 e. The van der Waals surface area contributed by atoms with Gasteiger partial charge in [0, 0.05) is 13.6 Å². The molecule has 0 atom stereocenters. The molecule has 0 bridgehead atoms. The zero-order valence-corrected chi connectivity index (χ0v) is 13.8. The molecule has 23 heavy (non-hydrogen) atoms. The lowest BCUT2D eigenvalue weighted by molar-refractivity contribution is 0.0941. The SMILES string of the molecule is CCCc1cc(C(=O)NCc2ccc3c(c2)CCCO3)n(C)n1. The monoisotopic (exact) mass is 313 g/mol. The Labute approximate surface area is 136 Å². The van der Waals surface area contributed by atoms with Gasteiger partial charge in [0.2, 0.25) is 0 Å². The van der Waals surface area contributed by atoms with Crippen molar-refractivity contribution in [3.63, 3.8) is 0 Å². The van der Waals surface area contributed by atoms with Crippen LogP contribution < -0.4 is 10.1 Å². The van der Waals surface area contributed by atoms with Gasteiger partial charge in [-0.1, -0.05) is 25.5 Å². The number of amides is 1. The third-order valence-electron chi connectivity index (χ3n) is 4.10. The number of carbonyl (C=O) groups is 1. The fraction of sp³-hybridized carbons (Fsp3) is 0.444. The Hall–Kier alpha value is -2.30. The summed E-state index contributed by atoms with van der Waals surface area (Å²) in [5.74, 6) is 0.887. The fourth-order valence-corrected chi connectivity index (χ4v) is 2.91. The summed E-state index contributed by atoms with van der Waals surface area (Å²) in [5.41, 5.74) is 3.90. The van der Waals surface area contributed by atoms with Crippen molar-refractivity contribution in [3.8, 4) is 5.75 Å². The first-order valence-corrected chi connectivity index (χ1v) is 8.23. The molecule has 1 aromatic carbocycles. The molecule has 3 rings (SSSR count). The van der Waals surface area contributed by atoms with Gasteiger partial charge in [-0.3, -0.25) is 9.48 Å². The number of rotatable bonds is 5. The van der Waals surface area contributed by atoms with Gasteiger partial charge in [-0.05, 0) is 42.5 Å². The highest BCUT2D eigenvalue weighted by atomic mass is 16.5. The number of nitrogens with zero attached hydrogens (tertiary/aromatic N) is 2. The second-order valence-electron chi connectivity index (χ2n) is 5.97. The van der Waals surface area contributed by atoms with Gasteiger partial charge in [0.25, 0.3) is 5.91 Å². The lowest BCUT2D eigenvalue weighted by Crippen LogP contribution is -2.25. The highest BCUT2D eigenvalue weighted by Gasteiger charge is 2.14. The molecule has 0 aliphatic carbocycles. The first kappa shape index (κ1) is 15.6. The van der Waals surface area contributed by atoms with Crippen LogP contribution in [0.3, 0.4) is 0 Å². The molecule has 2 aromatic rings. The summed E-state index contributed by atoms with van der Waals surface area (Å²) in [6, 6.07) is 8.01. The average molecular weight is 313 g/mol. The van der Waals surface area contributed by atoms with Crippen LogP contribution in [0.4, 0.5) is 0 Å². The summed E-state index contributed by atoms with van der Waals surface area (Å²) in [6.07, 6.45) is 4.01. The molecule has 1 aliphatic rings. The van der Waals surface area contributed by atoms with Gasteiger partial charge in [-0.2, -0.15) is 5.10 Å². The molecular weight excluding hydrogens is 290 g/mol. The minimum absolute atomic E-state index is 0.0867. The predicted molar refractivity (Wildman–Crippen MR) is 88.6 cm³/mol. The maximum absolute atomic E-state index is 12.3. The van der Waals surface area contributed by atoms with Gasteiger partial charge < -0.3 is 10.1 Å². The number of hydrogen-bond acceptors (Lipinski definition) is 3. The topological polar surface area (TPSA) is 56.1 Å². The molecule has 0 saturated carbocycles. The number of carbonyl (C=O) groups excluding carboxylic acids is 1. The highest BCUT2D eigenvalue weighted by Crippen LogP contribution is 2.25. The molecule has 1 aliphatic heterocycles. The van der Waals surface area contributed by atoms with Gasteiger partial charge in [-0.15, -0.1) is 0 Å². The van der Waals surface area contributed by atoms with Crippen molar-refractivity contribution in [2.24, 2.45) is 7.05 Å². The van der Waals surface area contributed by atoms with E-state index in [2.05, 4.69) is 23.4 Å². The van der Waals surface area contributed by atoms with E-state index in [9.17, 15) is 4.79 Å². The maximum Gasteiger partial charge on any atom is 0.269 e. The number of fused-ring (bicyclic) bond motifs is 1. The van der Waals surface area contributed by atoms with Crippen molar-refractivity contribution in [3.05, 3.63) is 46.8 Å². The molecule has 0 radical (unpaired) electrons. The van der Waals surface area contributed by atoms with Crippen molar-refractivity contribution in [2.75, 3.05) is 6.61 Å². The average Bonchev–Trinajstić information content (AvgIpc) is 2.93. The van der Waals surface area contributed by atoms with Gasteiger partial charge in [0.15, 0.2) is 0 Å². The Kier molecular flexibility index (Phi) is 4.65. The van der Waals surface area contributed by atoms with Crippen LogP contribution in [0.25, 0.3) is 0 Å². The van der Waals surface area contributed by atoms with E-state index in [0.29, 0.717) is 12.2 Å². The first-order chi connectivity index (χ1) is 11.2. The lowest BCUT2D eigenvalue weighted by Gasteiger charge is -2.18. The Morgan fingerprint density at radius 1 is 1.39 bits per heavy atom. The number of benzene rings is 1. The molecule has 0 unspecified atom stereocenters. The van der Waals surface area contributed by atoms with Crippen molar-refractivity contribution in [1.29, 1.82) is 0 Å². The van der Waals surface area contributed by atoms with Crippen molar-refractivity contribution in [1.82, 2.24) is 15.1 Å². The van der Waals surface area contributed by atoms with Crippen LogP contribution in [0.1, 0.15) is 47.1 Å². The summed E-state index contributed by atoms with van der Waals surface area (Å²) in [7, 11) is 1.81. The molecule has 5 heteroatoms. The zero-order chi connectivity index (χ0) is 16.2. The zero-order valence-electron chi connectivity index (χ0n) is 13.8. The summed E-state index contributed by atoms with van der Waals surface area (Å²) >= 11 is 0. The quantitative estimate of drug-likeness (QED) is 0.923. The standard InChI is InChI=1S/C18H23N3O2/c1-3-5-15-11-16(21(2)20-15)18(22)19-12-13-7-8-17-14(10-13)6-4-9-23-17/h7-8,10-11H,3-6,9,12H2,1-2H3,(H,19,22). The minimum atomic E-state index is -0.0867. The molecule has 0 saturated heterocycles. The molecule has 2 heterocycles. The third-order valence-corrected chi connectivity index (χ3v) is 4.10. The number of hydrogen-bond donors (Lipinski definition) is 1. The van der Waals surface area contributed by atoms with Crippen LogP contribution in [0, 0.1) is 0 Å². The van der Waals surface area contributed by atoms with E-state index in [1.54, 1.807) is 4.68 Å². The summed E-state index contributed by atoms with van der Waals surface area (Å²) < 4.78 is 7.27. The second kappa shape index (κ2) is 6.86. The molecule has 5 nitrogen and oxygen atoms in total. The first-order valence-electron chi connectivity index (χ1n) is 8.23. The van der Waals surface area contributed by atoms with E-state index >= 15 is 0 Å². The molecule has 1 aromatic heterocycles. The summed E-state index contributed by atoms with van der Waals surface area (Å²) in [5, 5.41) is 7.35. The fourth-order valence-electron chi connectivity index (χ4n) is 2.91. The van der Waals surface area contributed by atoms with E-state index in [1.165, 1.54) is 5.56 Å². The van der Waals surface area contributed by atoms with Gasteiger partial charge in [-0.25, -0.2) is 0 Å². The number of aromatic nitrogens is 2. The van der Waals surface area contributed by atoms with Gasteiger partial charge in [0.1, 0.15) is 11.4 Å². The van der Waals surface area contributed by atoms with Crippen LogP contribution in [0.5, 0.6) is 5.75 Å². The molecule has 0 fully saturated rings. The van der Waals surface area contributed by atoms with Gasteiger partial charge in [0.05, 0.1) is 12.3 Å². The van der Waals surface area contributed by atoms with E-state index in [4.69, 9.17) is 4.74 Å². The van der Waals surface area contributed by atoms with E-state index in [1.807, 2.05) is 25.2 Å². The number of ether oxygens (including phenoxy) is 1. The van der Waals surface area contributed by atoms with Crippen molar-refractivity contribution in [2.45, 2.75) is 39.2 Å². The van der Waals surface area contributed by atoms with Crippen LogP contribution in [-0.2, 0) is 26.4 Å². The Bertz CT molecular complexity index is 706. The number of aryl methyl sites for hydroxylation is 3. The van der Waals surface area contributed by atoms with E-state index in [0.717, 1.165) is 49.3 Å². The van der Waals surface area contributed by atoms with Crippen molar-refractivity contribution < 1.29 is 9.53 Å². The molecular formula is C18H23N3O2. The van der Waals surface area contributed by atoms with E-state index in [-0.39, 0.29) is 5.91 Å². The summed E-state index contributed by atoms with van der Waals surface area (Å²) in [4.78, 5) is 12.3. The van der Waals surface area contributed by atoms with Crippen LogP contribution >= 0.6 is 0 Å². The molecule has 1 N–H and O–H groups in total. The normalized spacial score (nSPS) is 13.3. The second-order valence-corrected chi connectivity index (χ2v) is 5.97. The van der Waals surface area contributed by atoms with E-state index < -0.39 is 0 Å². The van der Waals surface area contributed by atoms with Crippen LogP contribution in [-0.4, -0.2) is 22.3 Å². The van der Waals surface area contributed by atoms with Crippen molar-refractivity contribution >= 4 is 5.91 Å². The third kappa shape index (κ3) is 3.55. The lowest BCUT2D eigenvalue weighted by atomic mass is 10.0. The molecule has 0 spiro atoms. The minimum Gasteiger partial charge on any atom is -0.493 e. The predicted octanol–water partition coefficient (Wildman–Crippen LogP) is 2.63. The summed E-state index contributed by atoms with van der Waals surface area (Å²) in [6.45, 7) is 3.41. The van der Waals surface area contributed by atoms with Crippen LogP contribution in [0.2, 0.25) is 0 Å². The maximum atomic E-state index is 12.3. The molecule has 1 amide bonds. The Balaban J connectivity index is 1.65.